The van der Waals surface area contributed by atoms with E-state index in [1.807, 2.05) is 0 Å². The van der Waals surface area contributed by atoms with Gasteiger partial charge in [0, 0.05) is 11.6 Å². The standard InChI is InChI=1S/C4H2ClNO3/c5-4(7)9-3-1-6-2-8-3/h1-2H. The average Bonchev–Trinajstić information content (AvgIpc) is 2.15. The number of carbonyl (C=O) groups excluding carboxylic acids is 1. The van der Waals surface area contributed by atoms with Crippen molar-refractivity contribution >= 4 is 17.0 Å². The summed E-state index contributed by atoms with van der Waals surface area (Å²) >= 11 is 4.82. The lowest BCUT2D eigenvalue weighted by atomic mass is 10.9. The van der Waals surface area contributed by atoms with Gasteiger partial charge < -0.3 is 9.15 Å². The second-order valence-corrected chi connectivity index (χ2v) is 1.47. The maximum absolute atomic E-state index is 9.97. The molecule has 0 spiro atoms. The van der Waals surface area contributed by atoms with Gasteiger partial charge in [0.1, 0.15) is 6.20 Å². The van der Waals surface area contributed by atoms with Gasteiger partial charge in [0.25, 0.3) is 0 Å². The van der Waals surface area contributed by atoms with Gasteiger partial charge in [0.15, 0.2) is 6.39 Å². The van der Waals surface area contributed by atoms with Gasteiger partial charge in [-0.05, 0) is 0 Å². The molecule has 0 aromatic carbocycles. The number of hydrogen-bond donors (Lipinski definition) is 0. The van der Waals surface area contributed by atoms with E-state index in [-0.39, 0.29) is 5.95 Å². The summed E-state index contributed by atoms with van der Waals surface area (Å²) in [5, 5.41) is 0. The molecule has 0 amide bonds. The van der Waals surface area contributed by atoms with Gasteiger partial charge in [-0.3, -0.25) is 0 Å². The van der Waals surface area contributed by atoms with Crippen molar-refractivity contribution in [3.05, 3.63) is 12.6 Å². The second kappa shape index (κ2) is 2.50. The number of nitrogens with zero attached hydrogens (tertiary/aromatic N) is 1. The van der Waals surface area contributed by atoms with Gasteiger partial charge in [-0.15, -0.1) is 0 Å². The molecule has 9 heavy (non-hydrogen) atoms. The van der Waals surface area contributed by atoms with Crippen LogP contribution in [0.4, 0.5) is 4.79 Å². The molecule has 0 atom stereocenters. The third kappa shape index (κ3) is 1.73. The lowest BCUT2D eigenvalue weighted by Gasteiger charge is -1.87. The Bertz CT molecular complexity index is 196. The molecule has 5 heteroatoms. The van der Waals surface area contributed by atoms with Crippen LogP contribution in [-0.2, 0) is 0 Å². The van der Waals surface area contributed by atoms with E-state index in [1.54, 1.807) is 0 Å². The van der Waals surface area contributed by atoms with Crippen LogP contribution in [0.2, 0.25) is 0 Å². The minimum absolute atomic E-state index is 0.00463. The fourth-order valence-electron chi connectivity index (χ4n) is 0.334. The summed E-state index contributed by atoms with van der Waals surface area (Å²) < 4.78 is 8.76. The van der Waals surface area contributed by atoms with Crippen LogP contribution in [0, 0.1) is 0 Å². The van der Waals surface area contributed by atoms with E-state index >= 15 is 0 Å². The molecule has 0 radical (unpaired) electrons. The highest BCUT2D eigenvalue weighted by molar-refractivity contribution is 6.61. The van der Waals surface area contributed by atoms with Crippen molar-refractivity contribution in [1.82, 2.24) is 4.98 Å². The van der Waals surface area contributed by atoms with Crippen LogP contribution in [0.5, 0.6) is 5.95 Å². The average molecular weight is 148 g/mol. The van der Waals surface area contributed by atoms with Gasteiger partial charge in [0.05, 0.1) is 0 Å². The number of rotatable bonds is 1. The fourth-order valence-corrected chi connectivity index (χ4v) is 0.410. The molecule has 1 aromatic rings. The lowest BCUT2D eigenvalue weighted by molar-refractivity contribution is 0.213. The SMILES string of the molecule is O=C(Cl)Oc1cnco1. The Kier molecular flexibility index (Phi) is 1.69. The summed E-state index contributed by atoms with van der Waals surface area (Å²) in [5.41, 5.74) is -0.938. The number of halogens is 1. The monoisotopic (exact) mass is 147 g/mol. The van der Waals surface area contributed by atoms with E-state index < -0.39 is 5.43 Å². The van der Waals surface area contributed by atoms with Crippen molar-refractivity contribution < 1.29 is 13.9 Å². The van der Waals surface area contributed by atoms with Gasteiger partial charge in [-0.25, -0.2) is 9.78 Å². The largest absolute Gasteiger partial charge is 0.413 e. The second-order valence-electron chi connectivity index (χ2n) is 1.16. The summed E-state index contributed by atoms with van der Waals surface area (Å²) in [4.78, 5) is 13.4. The zero-order chi connectivity index (χ0) is 6.69. The molecule has 0 aliphatic rings. The Balaban J connectivity index is 2.58. The number of ether oxygens (including phenoxy) is 1. The molecule has 1 aromatic heterocycles. The van der Waals surface area contributed by atoms with Crippen molar-refractivity contribution in [2.45, 2.75) is 0 Å². The Morgan fingerprint density at radius 2 is 2.67 bits per heavy atom. The van der Waals surface area contributed by atoms with E-state index in [0.29, 0.717) is 0 Å². The van der Waals surface area contributed by atoms with Gasteiger partial charge in [-0.1, -0.05) is 0 Å². The fraction of sp³-hybridized carbons (Fsp3) is 0. The van der Waals surface area contributed by atoms with E-state index in [0.717, 1.165) is 6.39 Å². The van der Waals surface area contributed by atoms with Crippen molar-refractivity contribution in [1.29, 1.82) is 0 Å². The molecule has 0 unspecified atom stereocenters. The quantitative estimate of drug-likeness (QED) is 0.564. The Hall–Kier alpha value is -1.03. The van der Waals surface area contributed by atoms with E-state index in [4.69, 9.17) is 11.6 Å². The van der Waals surface area contributed by atoms with Gasteiger partial charge in [0.2, 0.25) is 0 Å². The number of carbonyl (C=O) groups is 1. The minimum Gasteiger partial charge on any atom is -0.413 e. The molecule has 0 aliphatic carbocycles. The third-order valence-electron chi connectivity index (χ3n) is 0.590. The van der Waals surface area contributed by atoms with E-state index in [9.17, 15) is 4.79 Å². The zero-order valence-electron chi connectivity index (χ0n) is 4.20. The molecule has 0 saturated heterocycles. The summed E-state index contributed by atoms with van der Waals surface area (Å²) in [7, 11) is 0. The first-order chi connectivity index (χ1) is 4.29. The Morgan fingerprint density at radius 3 is 3.11 bits per heavy atom. The van der Waals surface area contributed by atoms with E-state index in [1.165, 1.54) is 6.20 Å². The highest BCUT2D eigenvalue weighted by Crippen LogP contribution is 2.07. The van der Waals surface area contributed by atoms with Crippen LogP contribution in [-0.4, -0.2) is 10.4 Å². The van der Waals surface area contributed by atoms with Crippen molar-refractivity contribution in [2.75, 3.05) is 0 Å². The molecule has 1 heterocycles. The maximum Gasteiger partial charge on any atom is 0.411 e. The van der Waals surface area contributed by atoms with Crippen molar-refractivity contribution in [2.24, 2.45) is 0 Å². The van der Waals surface area contributed by atoms with Crippen LogP contribution >= 0.6 is 11.6 Å². The maximum atomic E-state index is 9.97. The normalized spacial score (nSPS) is 9.00. The first-order valence-corrected chi connectivity index (χ1v) is 2.42. The van der Waals surface area contributed by atoms with Crippen LogP contribution in [0.1, 0.15) is 0 Å². The summed E-state index contributed by atoms with van der Waals surface area (Å²) in [6.07, 6.45) is 2.37. The smallest absolute Gasteiger partial charge is 0.411 e. The number of oxazole rings is 1. The molecular formula is C4H2ClNO3. The van der Waals surface area contributed by atoms with Crippen LogP contribution in [0.3, 0.4) is 0 Å². The molecule has 1 rings (SSSR count). The van der Waals surface area contributed by atoms with E-state index in [2.05, 4.69) is 14.1 Å². The van der Waals surface area contributed by atoms with Crippen LogP contribution in [0.25, 0.3) is 0 Å². The lowest BCUT2D eigenvalue weighted by Crippen LogP contribution is -1.93. The summed E-state index contributed by atoms with van der Waals surface area (Å²) in [6.45, 7) is 0. The van der Waals surface area contributed by atoms with Gasteiger partial charge in [-0.2, -0.15) is 0 Å². The minimum atomic E-state index is -0.938. The predicted molar refractivity (Wildman–Crippen MR) is 28.4 cm³/mol. The Labute approximate surface area is 55.4 Å². The number of hydrogen-bond acceptors (Lipinski definition) is 4. The van der Waals surface area contributed by atoms with Gasteiger partial charge >= 0.3 is 11.4 Å². The zero-order valence-corrected chi connectivity index (χ0v) is 4.96. The highest BCUT2D eigenvalue weighted by atomic mass is 35.5. The molecule has 48 valence electrons. The van der Waals surface area contributed by atoms with Crippen molar-refractivity contribution in [3.8, 4) is 5.95 Å². The molecule has 0 bridgehead atoms. The van der Waals surface area contributed by atoms with Crippen LogP contribution < -0.4 is 4.74 Å². The molecule has 4 nitrogen and oxygen atoms in total. The topological polar surface area (TPSA) is 52.3 Å². The first kappa shape index (κ1) is 6.10. The predicted octanol–water partition coefficient (Wildman–Crippen LogP) is 1.41. The molecular weight excluding hydrogens is 146 g/mol. The molecule has 0 N–H and O–H groups in total. The molecule has 0 saturated carbocycles. The summed E-state index contributed by atoms with van der Waals surface area (Å²) in [6, 6.07) is 0. The first-order valence-electron chi connectivity index (χ1n) is 2.05. The van der Waals surface area contributed by atoms with Crippen LogP contribution in [0.15, 0.2) is 17.0 Å². The molecule has 0 fully saturated rings. The molecule has 0 aliphatic heterocycles. The Morgan fingerprint density at radius 1 is 1.89 bits per heavy atom. The third-order valence-corrected chi connectivity index (χ3v) is 0.668. The number of aromatic nitrogens is 1. The van der Waals surface area contributed by atoms with Crippen molar-refractivity contribution in [3.63, 3.8) is 0 Å². The highest BCUT2D eigenvalue weighted by Gasteiger charge is 2.00. The summed E-state index contributed by atoms with van der Waals surface area (Å²) in [5.74, 6) is -0.00463.